The Kier molecular flexibility index (Phi) is 8.66. The highest BCUT2D eigenvalue weighted by Crippen LogP contribution is 2.74. The minimum atomic E-state index is -1.53. The van der Waals surface area contributed by atoms with Crippen molar-refractivity contribution in [3.63, 3.8) is 0 Å². The Morgan fingerprint density at radius 2 is 1.72 bits per heavy atom. The number of fused-ring (bicyclic) bond motifs is 3. The van der Waals surface area contributed by atoms with Gasteiger partial charge in [0.1, 0.15) is 24.4 Å². The van der Waals surface area contributed by atoms with Crippen LogP contribution in [0.15, 0.2) is 11.6 Å². The van der Waals surface area contributed by atoms with Crippen molar-refractivity contribution >= 4 is 5.97 Å². The maximum Gasteiger partial charge on any atom is 0.307 e. The van der Waals surface area contributed by atoms with E-state index in [2.05, 4.69) is 54.5 Å². The normalized spacial score (nSPS) is 54.2. The molecular weight excluding hydrogens is 590 g/mol. The number of hydrogen-bond donors (Lipinski definition) is 6. The lowest BCUT2D eigenvalue weighted by atomic mass is 9.34. The highest BCUT2D eigenvalue weighted by Gasteiger charge is 2.71. The third-order valence-corrected chi connectivity index (χ3v) is 15.3. The van der Waals surface area contributed by atoms with Crippen LogP contribution in [0.2, 0.25) is 0 Å². The molecule has 3 unspecified atom stereocenters. The van der Waals surface area contributed by atoms with Gasteiger partial charge in [0.25, 0.3) is 0 Å². The largest absolute Gasteiger partial charge is 0.481 e. The van der Waals surface area contributed by atoms with E-state index in [0.29, 0.717) is 32.0 Å². The molecule has 5 fully saturated rings. The lowest BCUT2D eigenvalue weighted by Crippen LogP contribution is -2.72. The van der Waals surface area contributed by atoms with Crippen molar-refractivity contribution < 1.29 is 44.5 Å². The van der Waals surface area contributed by atoms with Gasteiger partial charge in [-0.3, -0.25) is 4.79 Å². The quantitative estimate of drug-likeness (QED) is 0.186. The standard InChI is InChI=1S/C36H59NO9/c1-18(2)19(3)32(4)12-13-34(6)20-8-9-24-33(5)16-44-17-36(24,21(20)10-11-35(34,7)28(32)30(42)43)14-22(37)29(33)46-31-27(41)26(40)25(39)23(15-38)45-31/h10,18-20,22-29,31,38-41H,8-9,11-17,37H2,1-7H3,(H,42,43)/t19-,20+,22-,23?,24+,25-,26+,27?,28-,29+,31+,32-,33?,34-,35+,36+/m1/s1. The molecule has 0 aromatic rings. The minimum Gasteiger partial charge on any atom is -0.481 e. The van der Waals surface area contributed by atoms with E-state index < -0.39 is 72.2 Å². The lowest BCUT2D eigenvalue weighted by Gasteiger charge is -2.71. The number of aliphatic hydroxyl groups is 4. The molecule has 4 aliphatic carbocycles. The zero-order valence-corrected chi connectivity index (χ0v) is 28.8. The SMILES string of the molecule is CC(C)[C@@H](C)[C@@]1(C)CC[C@]2(C)[C@H]3CC[C@H]4C5(C)COC[C@@]4(C[C@@H](N)[C@@H]5O[C@@H]4OC(CO)[C@@H](O)[C@H](O)C4O)C3=CC[C@@]2(C)[C@@H]1C(=O)O. The first-order valence-corrected chi connectivity index (χ1v) is 17.7. The first-order chi connectivity index (χ1) is 21.4. The van der Waals surface area contributed by atoms with E-state index in [-0.39, 0.29) is 34.0 Å². The number of ether oxygens (including phenoxy) is 3. The van der Waals surface area contributed by atoms with E-state index in [1.54, 1.807) is 0 Å². The van der Waals surface area contributed by atoms with Crippen LogP contribution in [0.25, 0.3) is 0 Å². The van der Waals surface area contributed by atoms with Gasteiger partial charge in [-0.25, -0.2) is 0 Å². The molecule has 262 valence electrons. The summed E-state index contributed by atoms with van der Waals surface area (Å²) >= 11 is 0. The zero-order chi connectivity index (χ0) is 33.8. The third-order valence-electron chi connectivity index (χ3n) is 15.3. The number of carboxylic acid groups (broad SMARTS) is 1. The third kappa shape index (κ3) is 4.53. The first kappa shape index (κ1) is 34.7. The number of carbonyl (C=O) groups is 1. The fraction of sp³-hybridized carbons (Fsp3) is 0.917. The summed E-state index contributed by atoms with van der Waals surface area (Å²) in [6, 6.07) is -0.424. The minimum absolute atomic E-state index is 0.184. The zero-order valence-electron chi connectivity index (χ0n) is 28.8. The molecule has 0 aromatic carbocycles. The van der Waals surface area contributed by atoms with Crippen molar-refractivity contribution in [2.24, 2.45) is 62.4 Å². The fourth-order valence-corrected chi connectivity index (χ4v) is 12.3. The van der Waals surface area contributed by atoms with Crippen molar-refractivity contribution in [2.45, 2.75) is 130 Å². The number of carboxylic acids is 1. The van der Waals surface area contributed by atoms with Crippen LogP contribution in [0.3, 0.4) is 0 Å². The Morgan fingerprint density at radius 1 is 1.02 bits per heavy atom. The molecule has 2 saturated heterocycles. The predicted molar refractivity (Wildman–Crippen MR) is 170 cm³/mol. The van der Waals surface area contributed by atoms with Crippen LogP contribution >= 0.6 is 0 Å². The van der Waals surface area contributed by atoms with Crippen molar-refractivity contribution in [3.05, 3.63) is 11.6 Å². The summed E-state index contributed by atoms with van der Waals surface area (Å²) in [6.45, 7) is 16.1. The molecule has 16 atom stereocenters. The molecule has 2 bridgehead atoms. The maximum atomic E-state index is 13.3. The van der Waals surface area contributed by atoms with Crippen molar-refractivity contribution in [2.75, 3.05) is 19.8 Å². The molecule has 10 heteroatoms. The van der Waals surface area contributed by atoms with Gasteiger partial charge in [0.05, 0.1) is 31.8 Å². The summed E-state index contributed by atoms with van der Waals surface area (Å²) < 4.78 is 18.7. The van der Waals surface area contributed by atoms with Crippen LogP contribution in [-0.2, 0) is 19.0 Å². The van der Waals surface area contributed by atoms with Crippen molar-refractivity contribution in [1.82, 2.24) is 0 Å². The average Bonchev–Trinajstić information content (AvgIpc) is 2.99. The van der Waals surface area contributed by atoms with Crippen LogP contribution in [0.5, 0.6) is 0 Å². The van der Waals surface area contributed by atoms with E-state index >= 15 is 0 Å². The molecule has 6 aliphatic rings. The van der Waals surface area contributed by atoms with Gasteiger partial charge in [0.2, 0.25) is 0 Å². The smallest absolute Gasteiger partial charge is 0.307 e. The molecular formula is C36H59NO9. The Bertz CT molecular complexity index is 1230. The summed E-state index contributed by atoms with van der Waals surface area (Å²) in [7, 11) is 0. The number of allylic oxidation sites excluding steroid dienone is 1. The van der Waals surface area contributed by atoms with Gasteiger partial charge in [-0.05, 0) is 78.4 Å². The van der Waals surface area contributed by atoms with Gasteiger partial charge in [0, 0.05) is 16.9 Å². The van der Waals surface area contributed by atoms with E-state index in [4.69, 9.17) is 19.9 Å². The molecule has 10 nitrogen and oxygen atoms in total. The van der Waals surface area contributed by atoms with Crippen LogP contribution in [0, 0.1) is 56.7 Å². The molecule has 0 aromatic heterocycles. The summed E-state index contributed by atoms with van der Waals surface area (Å²) in [5, 5.41) is 52.2. The molecule has 0 radical (unpaired) electrons. The van der Waals surface area contributed by atoms with Gasteiger partial charge < -0.3 is 45.5 Å². The van der Waals surface area contributed by atoms with Crippen LogP contribution in [0.1, 0.15) is 87.0 Å². The molecule has 0 spiro atoms. The van der Waals surface area contributed by atoms with Gasteiger partial charge in [-0.15, -0.1) is 0 Å². The first-order valence-electron chi connectivity index (χ1n) is 17.7. The van der Waals surface area contributed by atoms with Gasteiger partial charge in [-0.1, -0.05) is 60.1 Å². The lowest BCUT2D eigenvalue weighted by molar-refractivity contribution is -0.338. The van der Waals surface area contributed by atoms with E-state index in [0.717, 1.165) is 25.7 Å². The second-order valence-corrected chi connectivity index (χ2v) is 17.5. The average molecular weight is 650 g/mol. The van der Waals surface area contributed by atoms with E-state index in [1.807, 2.05) is 0 Å². The molecule has 6 rings (SSSR count). The van der Waals surface area contributed by atoms with E-state index in [1.165, 1.54) is 5.57 Å². The van der Waals surface area contributed by atoms with Crippen molar-refractivity contribution in [1.29, 1.82) is 0 Å². The number of nitrogens with two attached hydrogens (primary N) is 1. The molecule has 7 N–H and O–H groups in total. The second-order valence-electron chi connectivity index (χ2n) is 17.5. The number of rotatable bonds is 6. The topological polar surface area (TPSA) is 172 Å². The van der Waals surface area contributed by atoms with Crippen LogP contribution in [-0.4, -0.2) is 94.2 Å². The molecule has 3 saturated carbocycles. The molecule has 46 heavy (non-hydrogen) atoms. The Hall–Kier alpha value is -1.11. The highest BCUT2D eigenvalue weighted by molar-refractivity contribution is 5.73. The molecule has 2 heterocycles. The highest BCUT2D eigenvalue weighted by atomic mass is 16.7. The summed E-state index contributed by atoms with van der Waals surface area (Å²) in [5.41, 5.74) is 6.69. The molecule has 0 amide bonds. The van der Waals surface area contributed by atoms with Gasteiger partial charge in [0.15, 0.2) is 6.29 Å². The fourth-order valence-electron chi connectivity index (χ4n) is 12.3. The molecule has 2 aliphatic heterocycles. The Morgan fingerprint density at radius 3 is 2.35 bits per heavy atom. The Labute approximate surface area is 274 Å². The number of aliphatic carboxylic acids is 1. The summed E-state index contributed by atoms with van der Waals surface area (Å²) in [5.74, 6) is -0.0503. The van der Waals surface area contributed by atoms with Gasteiger partial charge in [-0.2, -0.15) is 0 Å². The van der Waals surface area contributed by atoms with Crippen LogP contribution < -0.4 is 5.73 Å². The summed E-state index contributed by atoms with van der Waals surface area (Å²) in [6.07, 6.45) is 0.0773. The van der Waals surface area contributed by atoms with Gasteiger partial charge >= 0.3 is 5.97 Å². The maximum absolute atomic E-state index is 13.3. The van der Waals surface area contributed by atoms with E-state index in [9.17, 15) is 30.3 Å². The van der Waals surface area contributed by atoms with Crippen molar-refractivity contribution in [3.8, 4) is 0 Å². The van der Waals surface area contributed by atoms with Crippen LogP contribution in [0.4, 0.5) is 0 Å². The summed E-state index contributed by atoms with van der Waals surface area (Å²) in [4.78, 5) is 13.3. The Balaban J connectivity index is 1.35. The predicted octanol–water partition coefficient (Wildman–Crippen LogP) is 3.09. The second kappa shape index (κ2) is 11.5. The number of hydrogen-bond acceptors (Lipinski definition) is 9. The monoisotopic (exact) mass is 649 g/mol. The number of aliphatic hydroxyl groups excluding tert-OH is 4.